The lowest BCUT2D eigenvalue weighted by Gasteiger charge is -2.07. The molecule has 0 aliphatic heterocycles. The summed E-state index contributed by atoms with van der Waals surface area (Å²) < 4.78 is 5.12. The molecule has 0 fully saturated rings. The van der Waals surface area contributed by atoms with Crippen molar-refractivity contribution in [1.29, 1.82) is 0 Å². The van der Waals surface area contributed by atoms with Crippen LogP contribution in [0.1, 0.15) is 22.3 Å². The Morgan fingerprint density at radius 1 is 1.00 bits per heavy atom. The minimum atomic E-state index is -0.168. The minimum absolute atomic E-state index is 0.168. The van der Waals surface area contributed by atoms with Gasteiger partial charge in [-0.05, 0) is 42.7 Å². The average molecular weight is 362 g/mol. The number of ether oxygens (including phenoxy) is 1. The van der Waals surface area contributed by atoms with E-state index >= 15 is 0 Å². The minimum Gasteiger partial charge on any atom is -0.497 e. The molecule has 138 valence electrons. The van der Waals surface area contributed by atoms with Crippen LogP contribution in [0.5, 0.6) is 5.75 Å². The summed E-state index contributed by atoms with van der Waals surface area (Å²) in [5.74, 6) is 1.04. The molecule has 0 unspecified atom stereocenters. The van der Waals surface area contributed by atoms with Gasteiger partial charge in [0.25, 0.3) is 5.91 Å². The summed E-state index contributed by atoms with van der Waals surface area (Å²) in [5, 5.41) is 5.98. The third-order valence-corrected chi connectivity index (χ3v) is 4.03. The first-order valence-corrected chi connectivity index (χ1v) is 8.80. The average Bonchev–Trinajstić information content (AvgIpc) is 2.73. The van der Waals surface area contributed by atoms with E-state index in [2.05, 4.69) is 32.7 Å². The lowest BCUT2D eigenvalue weighted by Crippen LogP contribution is -2.25. The van der Waals surface area contributed by atoms with Crippen LogP contribution in [0.3, 0.4) is 0 Å². The Labute approximate surface area is 158 Å². The van der Waals surface area contributed by atoms with E-state index in [1.807, 2.05) is 42.5 Å². The molecule has 0 radical (unpaired) electrons. The molecule has 0 spiro atoms. The Balaban J connectivity index is 1.46. The molecule has 6 nitrogen and oxygen atoms in total. The van der Waals surface area contributed by atoms with Gasteiger partial charge in [0.15, 0.2) is 0 Å². The van der Waals surface area contributed by atoms with Gasteiger partial charge in [-0.2, -0.15) is 0 Å². The second-order valence-electron chi connectivity index (χ2n) is 5.99. The highest BCUT2D eigenvalue weighted by Gasteiger charge is 2.07. The van der Waals surface area contributed by atoms with Gasteiger partial charge in [0.1, 0.15) is 5.75 Å². The first-order valence-electron chi connectivity index (χ1n) is 8.80. The summed E-state index contributed by atoms with van der Waals surface area (Å²) >= 11 is 0. The van der Waals surface area contributed by atoms with Crippen LogP contribution in [0.25, 0.3) is 0 Å². The Kier molecular flexibility index (Phi) is 6.35. The number of carbonyl (C=O) groups is 1. The Morgan fingerprint density at radius 3 is 2.37 bits per heavy atom. The SMILES string of the molecule is COc1ccc(Nc2ncc(C(=O)NCCCc3ccccc3)cn2)cc1. The largest absolute Gasteiger partial charge is 0.497 e. The number of benzene rings is 2. The maximum absolute atomic E-state index is 12.2. The van der Waals surface area contributed by atoms with Crippen LogP contribution in [0.15, 0.2) is 67.0 Å². The number of rotatable bonds is 8. The highest BCUT2D eigenvalue weighted by molar-refractivity contribution is 5.93. The van der Waals surface area contributed by atoms with Gasteiger partial charge in [0.2, 0.25) is 5.95 Å². The fraction of sp³-hybridized carbons (Fsp3) is 0.190. The number of aromatic nitrogens is 2. The van der Waals surface area contributed by atoms with Gasteiger partial charge in [-0.3, -0.25) is 4.79 Å². The monoisotopic (exact) mass is 362 g/mol. The molecule has 27 heavy (non-hydrogen) atoms. The van der Waals surface area contributed by atoms with Crippen molar-refractivity contribution in [3.05, 3.63) is 78.1 Å². The van der Waals surface area contributed by atoms with E-state index in [1.54, 1.807) is 7.11 Å². The van der Waals surface area contributed by atoms with Crippen molar-refractivity contribution in [3.8, 4) is 5.75 Å². The maximum atomic E-state index is 12.2. The lowest BCUT2D eigenvalue weighted by atomic mass is 10.1. The first-order chi connectivity index (χ1) is 13.2. The van der Waals surface area contributed by atoms with Crippen LogP contribution in [-0.2, 0) is 6.42 Å². The molecule has 2 aromatic carbocycles. The van der Waals surface area contributed by atoms with Crippen molar-refractivity contribution in [2.75, 3.05) is 19.0 Å². The summed E-state index contributed by atoms with van der Waals surface area (Å²) in [6.07, 6.45) is 4.85. The number of nitrogens with one attached hydrogen (secondary N) is 2. The molecule has 2 N–H and O–H groups in total. The quantitative estimate of drug-likeness (QED) is 0.599. The van der Waals surface area contributed by atoms with Gasteiger partial charge in [-0.25, -0.2) is 9.97 Å². The molecule has 0 aliphatic carbocycles. The molecule has 0 saturated carbocycles. The molecule has 1 aromatic heterocycles. The Bertz CT molecular complexity index is 850. The lowest BCUT2D eigenvalue weighted by molar-refractivity contribution is 0.0952. The topological polar surface area (TPSA) is 76.1 Å². The third-order valence-electron chi connectivity index (χ3n) is 4.03. The summed E-state index contributed by atoms with van der Waals surface area (Å²) in [4.78, 5) is 20.6. The van der Waals surface area contributed by atoms with E-state index in [4.69, 9.17) is 4.74 Å². The zero-order valence-electron chi connectivity index (χ0n) is 15.2. The number of methoxy groups -OCH3 is 1. The van der Waals surface area contributed by atoms with Crippen LogP contribution in [-0.4, -0.2) is 29.5 Å². The second kappa shape index (κ2) is 9.33. The summed E-state index contributed by atoms with van der Waals surface area (Å²) in [7, 11) is 1.62. The van der Waals surface area contributed by atoms with Crippen molar-refractivity contribution in [3.63, 3.8) is 0 Å². The van der Waals surface area contributed by atoms with Crippen LogP contribution in [0.4, 0.5) is 11.6 Å². The predicted molar refractivity (Wildman–Crippen MR) is 105 cm³/mol. The van der Waals surface area contributed by atoms with Crippen molar-refractivity contribution in [1.82, 2.24) is 15.3 Å². The van der Waals surface area contributed by atoms with Gasteiger partial charge < -0.3 is 15.4 Å². The number of anilines is 2. The van der Waals surface area contributed by atoms with Crippen molar-refractivity contribution in [2.24, 2.45) is 0 Å². The zero-order valence-corrected chi connectivity index (χ0v) is 15.2. The summed E-state index contributed by atoms with van der Waals surface area (Å²) in [6, 6.07) is 17.6. The predicted octanol–water partition coefficient (Wildman–Crippen LogP) is 3.59. The molecular weight excluding hydrogens is 340 g/mol. The highest BCUT2D eigenvalue weighted by Crippen LogP contribution is 2.17. The normalized spacial score (nSPS) is 10.3. The Morgan fingerprint density at radius 2 is 1.70 bits per heavy atom. The van der Waals surface area contributed by atoms with E-state index in [0.29, 0.717) is 18.1 Å². The van der Waals surface area contributed by atoms with E-state index in [0.717, 1.165) is 24.3 Å². The first kappa shape index (κ1) is 18.4. The molecule has 0 atom stereocenters. The number of nitrogens with zero attached hydrogens (tertiary/aromatic N) is 2. The standard InChI is InChI=1S/C21H22N4O2/c1-27-19-11-9-18(10-12-19)25-21-23-14-17(15-24-21)20(26)22-13-5-8-16-6-3-2-4-7-16/h2-4,6-7,9-12,14-15H,5,8,13H2,1H3,(H,22,26)(H,23,24,25). The van der Waals surface area contributed by atoms with E-state index in [1.165, 1.54) is 18.0 Å². The fourth-order valence-corrected chi connectivity index (χ4v) is 2.55. The van der Waals surface area contributed by atoms with E-state index < -0.39 is 0 Å². The van der Waals surface area contributed by atoms with Crippen molar-refractivity contribution < 1.29 is 9.53 Å². The fourth-order valence-electron chi connectivity index (χ4n) is 2.55. The number of hydrogen-bond acceptors (Lipinski definition) is 5. The second-order valence-corrected chi connectivity index (χ2v) is 5.99. The smallest absolute Gasteiger partial charge is 0.254 e. The summed E-state index contributed by atoms with van der Waals surface area (Å²) in [6.45, 7) is 0.611. The van der Waals surface area contributed by atoms with E-state index in [-0.39, 0.29) is 5.91 Å². The van der Waals surface area contributed by atoms with Crippen LogP contribution in [0.2, 0.25) is 0 Å². The molecule has 6 heteroatoms. The van der Waals surface area contributed by atoms with Crippen LogP contribution < -0.4 is 15.4 Å². The van der Waals surface area contributed by atoms with Crippen molar-refractivity contribution >= 4 is 17.5 Å². The van der Waals surface area contributed by atoms with Crippen LogP contribution in [0, 0.1) is 0 Å². The van der Waals surface area contributed by atoms with Crippen LogP contribution >= 0.6 is 0 Å². The molecular formula is C21H22N4O2. The van der Waals surface area contributed by atoms with Gasteiger partial charge in [0.05, 0.1) is 12.7 Å². The molecule has 1 amide bonds. The number of amides is 1. The Hall–Kier alpha value is -3.41. The molecule has 3 rings (SSSR count). The van der Waals surface area contributed by atoms with Gasteiger partial charge in [-0.1, -0.05) is 30.3 Å². The highest BCUT2D eigenvalue weighted by atomic mass is 16.5. The molecule has 3 aromatic rings. The van der Waals surface area contributed by atoms with Gasteiger partial charge in [0, 0.05) is 24.6 Å². The molecule has 0 bridgehead atoms. The molecule has 1 heterocycles. The summed E-state index contributed by atoms with van der Waals surface area (Å²) in [5.41, 5.74) is 2.55. The van der Waals surface area contributed by atoms with Gasteiger partial charge in [-0.15, -0.1) is 0 Å². The van der Waals surface area contributed by atoms with Gasteiger partial charge >= 0.3 is 0 Å². The number of aryl methyl sites for hydroxylation is 1. The van der Waals surface area contributed by atoms with E-state index in [9.17, 15) is 4.79 Å². The molecule has 0 aliphatic rings. The third kappa shape index (κ3) is 5.54. The number of hydrogen-bond donors (Lipinski definition) is 2. The zero-order chi connectivity index (χ0) is 18.9. The molecule has 0 saturated heterocycles. The number of carbonyl (C=O) groups excluding carboxylic acids is 1. The van der Waals surface area contributed by atoms with Crippen molar-refractivity contribution in [2.45, 2.75) is 12.8 Å². The maximum Gasteiger partial charge on any atom is 0.254 e.